The summed E-state index contributed by atoms with van der Waals surface area (Å²) in [4.78, 5) is 22.5. The van der Waals surface area contributed by atoms with Crippen molar-refractivity contribution in [3.63, 3.8) is 0 Å². The molecule has 10 nitrogen and oxygen atoms in total. The first-order valence-corrected chi connectivity index (χ1v) is 12.2. The lowest BCUT2D eigenvalue weighted by molar-refractivity contribution is -0.384. The van der Waals surface area contributed by atoms with Crippen LogP contribution in [0.25, 0.3) is 0 Å². The van der Waals surface area contributed by atoms with Crippen LogP contribution < -0.4 is 14.8 Å². The zero-order valence-electron chi connectivity index (χ0n) is 18.0. The van der Waals surface area contributed by atoms with Crippen LogP contribution in [0.3, 0.4) is 0 Å². The highest BCUT2D eigenvalue weighted by molar-refractivity contribution is 7.89. The number of nitrogens with zero attached hydrogens (tertiary/aromatic N) is 2. The number of ether oxygens (including phenoxy) is 2. The summed E-state index contributed by atoms with van der Waals surface area (Å²) in [5.41, 5.74) is 0.0612. The van der Waals surface area contributed by atoms with Crippen molar-refractivity contribution >= 4 is 38.9 Å². The van der Waals surface area contributed by atoms with E-state index in [0.717, 1.165) is 25.3 Å². The summed E-state index contributed by atoms with van der Waals surface area (Å²) >= 11 is 5.96. The molecule has 0 aliphatic carbocycles. The Balaban J connectivity index is 1.73. The molecule has 1 heterocycles. The summed E-state index contributed by atoms with van der Waals surface area (Å²) in [5, 5.41) is 13.4. The molecule has 0 aromatic heterocycles. The van der Waals surface area contributed by atoms with Gasteiger partial charge in [-0.15, -0.1) is 0 Å². The van der Waals surface area contributed by atoms with Crippen LogP contribution in [0.2, 0.25) is 5.02 Å². The van der Waals surface area contributed by atoms with Crippen LogP contribution in [-0.4, -0.2) is 49.9 Å². The van der Waals surface area contributed by atoms with E-state index in [2.05, 4.69) is 5.32 Å². The SMILES string of the molecule is CCOc1ccc(NC(=O)COc2ccc([N+](=O)[O-])cc2Cl)cc1S(=O)(=O)N1CCCCC1. The van der Waals surface area contributed by atoms with Crippen LogP contribution in [0, 0.1) is 10.1 Å². The number of nitrogens with one attached hydrogen (secondary N) is 1. The van der Waals surface area contributed by atoms with Gasteiger partial charge < -0.3 is 14.8 Å². The minimum atomic E-state index is -3.79. The fourth-order valence-electron chi connectivity index (χ4n) is 3.37. The van der Waals surface area contributed by atoms with Crippen LogP contribution in [-0.2, 0) is 14.8 Å². The summed E-state index contributed by atoms with van der Waals surface area (Å²) < 4.78 is 38.7. The van der Waals surface area contributed by atoms with Gasteiger partial charge in [-0.05, 0) is 44.0 Å². The number of nitro groups is 1. The number of sulfonamides is 1. The molecular formula is C21H24ClN3O7S. The molecule has 33 heavy (non-hydrogen) atoms. The lowest BCUT2D eigenvalue weighted by atomic mass is 10.2. The number of anilines is 1. The first-order valence-electron chi connectivity index (χ1n) is 10.4. The molecule has 1 aliphatic heterocycles. The highest BCUT2D eigenvalue weighted by atomic mass is 35.5. The molecule has 3 rings (SSSR count). The van der Waals surface area contributed by atoms with Gasteiger partial charge in [0, 0.05) is 30.9 Å². The van der Waals surface area contributed by atoms with Gasteiger partial charge >= 0.3 is 0 Å². The van der Waals surface area contributed by atoms with E-state index in [4.69, 9.17) is 21.1 Å². The van der Waals surface area contributed by atoms with Crippen molar-refractivity contribution in [3.05, 3.63) is 51.5 Å². The maximum atomic E-state index is 13.2. The molecule has 1 N–H and O–H groups in total. The quantitative estimate of drug-likeness (QED) is 0.411. The summed E-state index contributed by atoms with van der Waals surface area (Å²) in [7, 11) is -3.79. The Bertz CT molecular complexity index is 1130. The third-order valence-electron chi connectivity index (χ3n) is 4.95. The van der Waals surface area contributed by atoms with Gasteiger partial charge in [0.2, 0.25) is 10.0 Å². The Morgan fingerprint density at radius 3 is 2.45 bits per heavy atom. The molecule has 0 radical (unpaired) electrons. The second-order valence-electron chi connectivity index (χ2n) is 7.27. The van der Waals surface area contributed by atoms with Gasteiger partial charge in [-0.3, -0.25) is 14.9 Å². The van der Waals surface area contributed by atoms with Gasteiger partial charge in [0.15, 0.2) is 6.61 Å². The largest absolute Gasteiger partial charge is 0.492 e. The fraction of sp³-hybridized carbons (Fsp3) is 0.381. The number of nitro benzene ring substituents is 1. The van der Waals surface area contributed by atoms with E-state index in [1.807, 2.05) is 0 Å². The summed E-state index contributed by atoms with van der Waals surface area (Å²) in [6, 6.07) is 8.04. The molecule has 0 saturated carbocycles. The predicted molar refractivity (Wildman–Crippen MR) is 122 cm³/mol. The second kappa shape index (κ2) is 10.8. The maximum Gasteiger partial charge on any atom is 0.271 e. The Kier molecular flexibility index (Phi) is 8.11. The number of piperidine rings is 1. The molecule has 0 bridgehead atoms. The normalized spacial score (nSPS) is 14.5. The van der Waals surface area contributed by atoms with Crippen LogP contribution >= 0.6 is 11.6 Å². The van der Waals surface area contributed by atoms with E-state index in [0.29, 0.717) is 13.1 Å². The van der Waals surface area contributed by atoms with Crippen LogP contribution in [0.4, 0.5) is 11.4 Å². The van der Waals surface area contributed by atoms with E-state index in [1.54, 1.807) is 6.92 Å². The Morgan fingerprint density at radius 2 is 1.82 bits per heavy atom. The van der Waals surface area contributed by atoms with Crippen LogP contribution in [0.15, 0.2) is 41.3 Å². The minimum Gasteiger partial charge on any atom is -0.492 e. The van der Waals surface area contributed by atoms with Crippen molar-refractivity contribution in [2.75, 3.05) is 31.6 Å². The highest BCUT2D eigenvalue weighted by Gasteiger charge is 2.29. The highest BCUT2D eigenvalue weighted by Crippen LogP contribution is 2.32. The average molecular weight is 498 g/mol. The number of hydrogen-bond acceptors (Lipinski definition) is 7. The van der Waals surface area contributed by atoms with Crippen molar-refractivity contribution in [2.24, 2.45) is 0 Å². The predicted octanol–water partition coefficient (Wildman–Crippen LogP) is 3.84. The van der Waals surface area contributed by atoms with E-state index >= 15 is 0 Å². The third kappa shape index (κ3) is 6.12. The molecule has 2 aromatic carbocycles. The number of carbonyl (C=O) groups excluding carboxylic acids is 1. The maximum absolute atomic E-state index is 13.2. The summed E-state index contributed by atoms with van der Waals surface area (Å²) in [6.07, 6.45) is 2.57. The Hall–Kier alpha value is -2.89. The first kappa shape index (κ1) is 24.7. The molecule has 1 amide bonds. The molecule has 12 heteroatoms. The lowest BCUT2D eigenvalue weighted by Crippen LogP contribution is -2.35. The number of amides is 1. The van der Waals surface area contributed by atoms with Crippen molar-refractivity contribution in [2.45, 2.75) is 31.1 Å². The Morgan fingerprint density at radius 1 is 1.12 bits per heavy atom. The van der Waals surface area contributed by atoms with E-state index in [1.165, 1.54) is 34.6 Å². The van der Waals surface area contributed by atoms with Crippen molar-refractivity contribution in [1.29, 1.82) is 0 Å². The average Bonchev–Trinajstić information content (AvgIpc) is 2.79. The third-order valence-corrected chi connectivity index (χ3v) is 7.16. The second-order valence-corrected chi connectivity index (χ2v) is 9.58. The standard InChI is InChI=1S/C21H24ClN3O7S/c1-2-31-19-8-6-15(12-20(19)33(29,30)24-10-4-3-5-11-24)23-21(26)14-32-18-9-7-16(25(27)28)13-17(18)22/h6-9,12-13H,2-5,10-11,14H2,1H3,(H,23,26). The number of benzene rings is 2. The van der Waals surface area contributed by atoms with Gasteiger partial charge in [-0.1, -0.05) is 18.0 Å². The lowest BCUT2D eigenvalue weighted by Gasteiger charge is -2.27. The Labute approximate surface area is 196 Å². The molecule has 0 spiro atoms. The molecule has 0 unspecified atom stereocenters. The smallest absolute Gasteiger partial charge is 0.271 e. The number of halogens is 1. The topological polar surface area (TPSA) is 128 Å². The minimum absolute atomic E-state index is 0.00650. The first-order chi connectivity index (χ1) is 15.7. The van der Waals surface area contributed by atoms with Gasteiger partial charge in [0.1, 0.15) is 16.4 Å². The van der Waals surface area contributed by atoms with Gasteiger partial charge in [0.05, 0.1) is 16.6 Å². The number of carbonyl (C=O) groups is 1. The van der Waals surface area contributed by atoms with Gasteiger partial charge in [-0.25, -0.2) is 8.42 Å². The monoisotopic (exact) mass is 497 g/mol. The molecular weight excluding hydrogens is 474 g/mol. The molecule has 1 saturated heterocycles. The number of rotatable bonds is 9. The van der Waals surface area contributed by atoms with E-state index < -0.39 is 27.5 Å². The fourth-order valence-corrected chi connectivity index (χ4v) is 5.27. The van der Waals surface area contributed by atoms with E-state index in [-0.39, 0.29) is 39.4 Å². The number of non-ortho nitro benzene ring substituents is 1. The van der Waals surface area contributed by atoms with Crippen molar-refractivity contribution < 1.29 is 27.6 Å². The number of hydrogen-bond donors (Lipinski definition) is 1. The molecule has 1 fully saturated rings. The molecule has 0 atom stereocenters. The molecule has 178 valence electrons. The zero-order chi connectivity index (χ0) is 24.0. The van der Waals surface area contributed by atoms with E-state index in [9.17, 15) is 23.3 Å². The van der Waals surface area contributed by atoms with Crippen LogP contribution in [0.1, 0.15) is 26.2 Å². The van der Waals surface area contributed by atoms with Crippen molar-refractivity contribution in [1.82, 2.24) is 4.31 Å². The molecule has 2 aromatic rings. The summed E-state index contributed by atoms with van der Waals surface area (Å²) in [5.74, 6) is -0.234. The molecule has 1 aliphatic rings. The summed E-state index contributed by atoms with van der Waals surface area (Å²) in [6.45, 7) is 2.49. The van der Waals surface area contributed by atoms with Crippen LogP contribution in [0.5, 0.6) is 11.5 Å². The van der Waals surface area contributed by atoms with Gasteiger partial charge in [0.25, 0.3) is 11.6 Å². The van der Waals surface area contributed by atoms with Gasteiger partial charge in [-0.2, -0.15) is 4.31 Å². The zero-order valence-corrected chi connectivity index (χ0v) is 19.5. The van der Waals surface area contributed by atoms with Crippen molar-refractivity contribution in [3.8, 4) is 11.5 Å².